The highest BCUT2D eigenvalue weighted by molar-refractivity contribution is 7.99. The summed E-state index contributed by atoms with van der Waals surface area (Å²) in [4.78, 5) is 16.2. The van der Waals surface area contributed by atoms with Gasteiger partial charge in [-0.1, -0.05) is 68.1 Å². The molecule has 2 aromatic carbocycles. The predicted molar refractivity (Wildman–Crippen MR) is 98.0 cm³/mol. The number of imidazole rings is 1. The van der Waals surface area contributed by atoms with Crippen molar-refractivity contribution in [3.63, 3.8) is 0 Å². The van der Waals surface area contributed by atoms with Crippen molar-refractivity contribution >= 4 is 28.5 Å². The van der Waals surface area contributed by atoms with Crippen LogP contribution in [-0.2, 0) is 6.54 Å². The molecule has 0 aliphatic carbocycles. The van der Waals surface area contributed by atoms with Gasteiger partial charge in [0.1, 0.15) is 0 Å². The second-order valence-corrected chi connectivity index (χ2v) is 7.57. The first-order chi connectivity index (χ1) is 11.5. The van der Waals surface area contributed by atoms with Gasteiger partial charge < -0.3 is 9.67 Å². The Bertz CT molecular complexity index is 894. The number of aromatic nitrogens is 2. The fraction of sp³-hybridized carbons (Fsp3) is 0.263. The van der Waals surface area contributed by atoms with Crippen LogP contribution in [0.2, 0.25) is 0 Å². The molecular weight excluding hydrogens is 320 g/mol. The average Bonchev–Trinajstić information content (AvgIpc) is 2.82. The van der Waals surface area contributed by atoms with Crippen molar-refractivity contribution < 1.29 is 9.90 Å². The molecule has 0 aliphatic heterocycles. The minimum Gasteiger partial charge on any atom is -0.477 e. The van der Waals surface area contributed by atoms with Crippen LogP contribution in [0.4, 0.5) is 0 Å². The Morgan fingerprint density at radius 1 is 1.21 bits per heavy atom. The maximum Gasteiger partial charge on any atom is 0.354 e. The highest BCUT2D eigenvalue weighted by atomic mass is 32.2. The van der Waals surface area contributed by atoms with E-state index in [-0.39, 0.29) is 5.69 Å². The summed E-state index contributed by atoms with van der Waals surface area (Å²) in [7, 11) is 0. The highest BCUT2D eigenvalue weighted by Crippen LogP contribution is 2.28. The summed E-state index contributed by atoms with van der Waals surface area (Å²) in [6.45, 7) is 6.42. The second kappa shape index (κ2) is 6.69. The number of aromatic carboxylic acids is 1. The molecule has 124 valence electrons. The summed E-state index contributed by atoms with van der Waals surface area (Å²) in [6.07, 6.45) is 0. The van der Waals surface area contributed by atoms with Crippen LogP contribution in [-0.4, -0.2) is 25.9 Å². The Hall–Kier alpha value is -2.27. The number of hydrogen-bond donors (Lipinski definition) is 1. The van der Waals surface area contributed by atoms with E-state index < -0.39 is 5.97 Å². The van der Waals surface area contributed by atoms with E-state index in [9.17, 15) is 9.90 Å². The first kappa shape index (κ1) is 16.6. The molecule has 4 nitrogen and oxygen atoms in total. The molecule has 0 bridgehead atoms. The van der Waals surface area contributed by atoms with Gasteiger partial charge in [-0.15, -0.1) is 0 Å². The van der Waals surface area contributed by atoms with Crippen molar-refractivity contribution in [2.75, 3.05) is 0 Å². The van der Waals surface area contributed by atoms with Crippen LogP contribution in [0.25, 0.3) is 10.8 Å². The number of hydrogen-bond acceptors (Lipinski definition) is 3. The summed E-state index contributed by atoms with van der Waals surface area (Å²) in [5.41, 5.74) is 1.93. The van der Waals surface area contributed by atoms with E-state index in [1.165, 1.54) is 0 Å². The number of carboxylic acids is 1. The van der Waals surface area contributed by atoms with Crippen LogP contribution in [0.15, 0.2) is 47.6 Å². The standard InChI is InChI=1S/C19H20N2O2S/c1-12(2)24-19-20-13(3)17(18(22)23)21(19)11-15-9-6-8-14-7-4-5-10-16(14)15/h4-10,12H,11H2,1-3H3,(H,22,23). The second-order valence-electron chi connectivity index (χ2n) is 6.02. The fourth-order valence-corrected chi connectivity index (χ4v) is 3.76. The zero-order valence-electron chi connectivity index (χ0n) is 14.0. The van der Waals surface area contributed by atoms with Gasteiger partial charge in [0.15, 0.2) is 10.9 Å². The monoisotopic (exact) mass is 340 g/mol. The molecule has 0 amide bonds. The number of carboxylic acid groups (broad SMARTS) is 1. The fourth-order valence-electron chi connectivity index (χ4n) is 2.87. The lowest BCUT2D eigenvalue weighted by molar-refractivity contribution is 0.0684. The van der Waals surface area contributed by atoms with Crippen molar-refractivity contribution in [2.45, 2.75) is 37.7 Å². The van der Waals surface area contributed by atoms with Gasteiger partial charge in [0.05, 0.1) is 12.2 Å². The minimum atomic E-state index is -0.934. The predicted octanol–water partition coefficient (Wildman–Crippen LogP) is 4.59. The highest BCUT2D eigenvalue weighted by Gasteiger charge is 2.21. The van der Waals surface area contributed by atoms with Crippen LogP contribution < -0.4 is 0 Å². The number of carbonyl (C=O) groups is 1. The van der Waals surface area contributed by atoms with Gasteiger partial charge in [-0.3, -0.25) is 0 Å². The quantitative estimate of drug-likeness (QED) is 0.690. The Labute approximate surface area is 145 Å². The van der Waals surface area contributed by atoms with Crippen molar-refractivity contribution in [3.05, 3.63) is 59.4 Å². The van der Waals surface area contributed by atoms with E-state index in [0.717, 1.165) is 21.5 Å². The molecule has 0 unspecified atom stereocenters. The molecule has 1 N–H and O–H groups in total. The molecule has 5 heteroatoms. The number of fused-ring (bicyclic) bond motifs is 1. The molecule has 1 heterocycles. The van der Waals surface area contributed by atoms with Crippen molar-refractivity contribution in [1.29, 1.82) is 0 Å². The third-order valence-electron chi connectivity index (χ3n) is 3.86. The van der Waals surface area contributed by atoms with Crippen molar-refractivity contribution in [2.24, 2.45) is 0 Å². The topological polar surface area (TPSA) is 55.1 Å². The molecule has 0 spiro atoms. The Kier molecular flexibility index (Phi) is 4.62. The lowest BCUT2D eigenvalue weighted by Crippen LogP contribution is -2.12. The number of thioether (sulfide) groups is 1. The maximum absolute atomic E-state index is 11.7. The van der Waals surface area contributed by atoms with Gasteiger partial charge in [-0.05, 0) is 23.3 Å². The zero-order chi connectivity index (χ0) is 17.3. The smallest absolute Gasteiger partial charge is 0.354 e. The third-order valence-corrected chi connectivity index (χ3v) is 4.85. The summed E-state index contributed by atoms with van der Waals surface area (Å²) in [5, 5.41) is 13.0. The van der Waals surface area contributed by atoms with Gasteiger partial charge in [-0.2, -0.15) is 0 Å². The summed E-state index contributed by atoms with van der Waals surface area (Å²) < 4.78 is 1.82. The largest absolute Gasteiger partial charge is 0.477 e. The Morgan fingerprint density at radius 2 is 1.92 bits per heavy atom. The average molecular weight is 340 g/mol. The van der Waals surface area contributed by atoms with Gasteiger partial charge in [0.25, 0.3) is 0 Å². The van der Waals surface area contributed by atoms with Gasteiger partial charge >= 0.3 is 5.97 Å². The van der Waals surface area contributed by atoms with E-state index in [1.807, 2.05) is 28.8 Å². The normalized spacial score (nSPS) is 11.3. The van der Waals surface area contributed by atoms with Crippen molar-refractivity contribution in [1.82, 2.24) is 9.55 Å². The third kappa shape index (κ3) is 3.17. The number of rotatable bonds is 5. The van der Waals surface area contributed by atoms with Gasteiger partial charge in [0, 0.05) is 5.25 Å². The van der Waals surface area contributed by atoms with E-state index >= 15 is 0 Å². The molecule has 0 radical (unpaired) electrons. The summed E-state index contributed by atoms with van der Waals surface area (Å²) in [5.74, 6) is -0.934. The molecule has 24 heavy (non-hydrogen) atoms. The molecule has 0 fully saturated rings. The molecule has 0 saturated carbocycles. The molecular formula is C19H20N2O2S. The lowest BCUT2D eigenvalue weighted by atomic mass is 10.0. The van der Waals surface area contributed by atoms with Crippen molar-refractivity contribution in [3.8, 4) is 0 Å². The molecule has 0 aliphatic rings. The van der Waals surface area contributed by atoms with E-state index in [4.69, 9.17) is 0 Å². The van der Waals surface area contributed by atoms with Crippen LogP contribution in [0.1, 0.15) is 35.6 Å². The number of benzene rings is 2. The van der Waals surface area contributed by atoms with Gasteiger partial charge in [0.2, 0.25) is 0 Å². The Balaban J connectivity index is 2.12. The van der Waals surface area contributed by atoms with Gasteiger partial charge in [-0.25, -0.2) is 9.78 Å². The van der Waals surface area contributed by atoms with E-state index in [2.05, 4.69) is 37.0 Å². The molecule has 3 rings (SSSR count). The number of nitrogens with zero attached hydrogens (tertiary/aromatic N) is 2. The summed E-state index contributed by atoms with van der Waals surface area (Å²) >= 11 is 1.59. The SMILES string of the molecule is Cc1nc(SC(C)C)n(Cc2cccc3ccccc23)c1C(=O)O. The summed E-state index contributed by atoms with van der Waals surface area (Å²) in [6, 6.07) is 14.3. The molecule has 0 atom stereocenters. The molecule has 3 aromatic rings. The van der Waals surface area contributed by atoms with Crippen LogP contribution in [0.5, 0.6) is 0 Å². The zero-order valence-corrected chi connectivity index (χ0v) is 14.8. The van der Waals surface area contributed by atoms with Crippen LogP contribution in [0, 0.1) is 6.92 Å². The van der Waals surface area contributed by atoms with Crippen LogP contribution in [0.3, 0.4) is 0 Å². The maximum atomic E-state index is 11.7. The molecule has 0 saturated heterocycles. The lowest BCUT2D eigenvalue weighted by Gasteiger charge is -2.13. The first-order valence-electron chi connectivity index (χ1n) is 7.91. The van der Waals surface area contributed by atoms with Crippen LogP contribution >= 0.6 is 11.8 Å². The molecule has 1 aromatic heterocycles. The van der Waals surface area contributed by atoms with E-state index in [0.29, 0.717) is 17.5 Å². The van der Waals surface area contributed by atoms with E-state index in [1.54, 1.807) is 18.7 Å². The Morgan fingerprint density at radius 3 is 2.62 bits per heavy atom. The first-order valence-corrected chi connectivity index (χ1v) is 8.79. The number of aryl methyl sites for hydroxylation is 1. The minimum absolute atomic E-state index is 0.270.